The first-order valence-corrected chi connectivity index (χ1v) is 4.96. The van der Waals surface area contributed by atoms with Crippen LogP contribution in [0.2, 0.25) is 0 Å². The summed E-state index contributed by atoms with van der Waals surface area (Å²) in [6.07, 6.45) is 0. The highest BCUT2D eigenvalue weighted by Crippen LogP contribution is 2.28. The number of phenols is 1. The summed E-state index contributed by atoms with van der Waals surface area (Å²) >= 11 is 0.970. The van der Waals surface area contributed by atoms with Crippen molar-refractivity contribution >= 4 is 28.6 Å². The number of aromatic hydroxyl groups is 1. The van der Waals surface area contributed by atoms with Gasteiger partial charge in [-0.05, 0) is 12.1 Å². The molecule has 0 spiro atoms. The van der Waals surface area contributed by atoms with Crippen molar-refractivity contribution in [1.29, 1.82) is 0 Å². The molecular weight excluding hydrogens is 202 g/mol. The number of hydrogen-bond donors (Lipinski definition) is 1. The smallest absolute Gasteiger partial charge is 0.293 e. The third-order valence-electron chi connectivity index (χ3n) is 1.84. The van der Waals surface area contributed by atoms with Crippen molar-refractivity contribution in [2.75, 3.05) is 10.7 Å². The van der Waals surface area contributed by atoms with Crippen LogP contribution in [0.25, 0.3) is 0 Å². The highest BCUT2D eigenvalue weighted by molar-refractivity contribution is 8.15. The number of rotatable bonds is 1. The van der Waals surface area contributed by atoms with Gasteiger partial charge in [0.2, 0.25) is 5.91 Å². The summed E-state index contributed by atoms with van der Waals surface area (Å²) < 4.78 is 0. The summed E-state index contributed by atoms with van der Waals surface area (Å²) in [5, 5.41) is 8.90. The number of thioether (sulfide) groups is 1. The van der Waals surface area contributed by atoms with Crippen molar-refractivity contribution in [2.24, 2.45) is 0 Å². The molecule has 2 amide bonds. The van der Waals surface area contributed by atoms with Gasteiger partial charge in [0.15, 0.2) is 0 Å². The lowest BCUT2D eigenvalue weighted by Gasteiger charge is -2.12. The third-order valence-corrected chi connectivity index (χ3v) is 2.66. The number of carbonyl (C=O) groups is 2. The van der Waals surface area contributed by atoms with Crippen LogP contribution in [0.4, 0.5) is 10.5 Å². The van der Waals surface area contributed by atoms with Crippen molar-refractivity contribution < 1.29 is 14.7 Å². The summed E-state index contributed by atoms with van der Waals surface area (Å²) in [6, 6.07) is 6.08. The molecule has 1 saturated heterocycles. The molecule has 0 atom stereocenters. The lowest BCUT2D eigenvalue weighted by atomic mass is 10.3. The van der Waals surface area contributed by atoms with Crippen molar-refractivity contribution in [3.63, 3.8) is 0 Å². The van der Waals surface area contributed by atoms with E-state index in [0.29, 0.717) is 5.69 Å². The Kier molecular flexibility index (Phi) is 2.17. The van der Waals surface area contributed by atoms with Gasteiger partial charge in [-0.15, -0.1) is 0 Å². The second kappa shape index (κ2) is 3.34. The maximum Gasteiger partial charge on any atom is 0.293 e. The molecule has 0 saturated carbocycles. The zero-order valence-electron chi connectivity index (χ0n) is 7.14. The maximum absolute atomic E-state index is 11.3. The monoisotopic (exact) mass is 209 g/mol. The standard InChI is InChI=1S/C9H7NO3S/c11-7-3-1-2-6(4-7)10-8(12)5-14-9(10)13/h1-4,11H,5H2. The van der Waals surface area contributed by atoms with Crippen LogP contribution in [-0.4, -0.2) is 22.0 Å². The van der Waals surface area contributed by atoms with Crippen LogP contribution >= 0.6 is 11.8 Å². The summed E-state index contributed by atoms with van der Waals surface area (Å²) in [4.78, 5) is 23.7. The van der Waals surface area contributed by atoms with Crippen molar-refractivity contribution in [1.82, 2.24) is 0 Å². The molecule has 1 aromatic rings. The van der Waals surface area contributed by atoms with E-state index in [2.05, 4.69) is 0 Å². The average molecular weight is 209 g/mol. The molecule has 72 valence electrons. The Bertz CT molecular complexity index is 389. The molecule has 14 heavy (non-hydrogen) atoms. The second-order valence-corrected chi connectivity index (χ2v) is 3.73. The molecule has 2 rings (SSSR count). The number of phenolic OH excluding ortho intramolecular Hbond substituents is 1. The van der Waals surface area contributed by atoms with E-state index in [1.54, 1.807) is 12.1 Å². The molecular formula is C9H7NO3S. The summed E-state index contributed by atoms with van der Waals surface area (Å²) in [7, 11) is 0. The SMILES string of the molecule is O=C1CSC(=O)N1c1cccc(O)c1. The molecule has 1 aliphatic heterocycles. The highest BCUT2D eigenvalue weighted by atomic mass is 32.2. The minimum Gasteiger partial charge on any atom is -0.508 e. The lowest BCUT2D eigenvalue weighted by Crippen LogP contribution is -2.27. The van der Waals surface area contributed by atoms with Gasteiger partial charge in [-0.2, -0.15) is 0 Å². The third kappa shape index (κ3) is 1.46. The van der Waals surface area contributed by atoms with E-state index >= 15 is 0 Å². The molecule has 1 heterocycles. The molecule has 4 nitrogen and oxygen atoms in total. The Morgan fingerprint density at radius 1 is 1.36 bits per heavy atom. The van der Waals surface area contributed by atoms with Gasteiger partial charge in [-0.25, -0.2) is 4.90 Å². The van der Waals surface area contributed by atoms with Crippen molar-refractivity contribution in [3.05, 3.63) is 24.3 Å². The van der Waals surface area contributed by atoms with Crippen LogP contribution in [0, 0.1) is 0 Å². The summed E-state index contributed by atoms with van der Waals surface area (Å²) in [5.41, 5.74) is 0.421. The molecule has 1 aliphatic rings. The first kappa shape index (κ1) is 9.08. The Hall–Kier alpha value is -1.49. The first-order valence-electron chi connectivity index (χ1n) is 3.97. The van der Waals surface area contributed by atoms with Crippen LogP contribution in [-0.2, 0) is 4.79 Å². The van der Waals surface area contributed by atoms with Gasteiger partial charge in [0.05, 0.1) is 11.4 Å². The van der Waals surface area contributed by atoms with Crippen LogP contribution < -0.4 is 4.90 Å². The Labute approximate surface area is 84.5 Å². The van der Waals surface area contributed by atoms with E-state index in [1.165, 1.54) is 12.1 Å². The molecule has 0 aliphatic carbocycles. The number of hydrogen-bond acceptors (Lipinski definition) is 4. The fourth-order valence-electron chi connectivity index (χ4n) is 1.24. The first-order chi connectivity index (χ1) is 6.68. The normalized spacial score (nSPS) is 16.4. The van der Waals surface area contributed by atoms with Gasteiger partial charge in [-0.3, -0.25) is 9.59 Å². The molecule has 1 aromatic carbocycles. The second-order valence-electron chi connectivity index (χ2n) is 2.80. The predicted octanol–water partition coefficient (Wildman–Crippen LogP) is 1.59. The predicted molar refractivity (Wildman–Crippen MR) is 53.4 cm³/mol. The highest BCUT2D eigenvalue weighted by Gasteiger charge is 2.31. The molecule has 5 heteroatoms. The van der Waals surface area contributed by atoms with E-state index in [4.69, 9.17) is 0 Å². The van der Waals surface area contributed by atoms with Gasteiger partial charge in [-0.1, -0.05) is 17.8 Å². The fourth-order valence-corrected chi connectivity index (χ4v) is 1.95. The van der Waals surface area contributed by atoms with Gasteiger partial charge in [0.1, 0.15) is 5.75 Å². The maximum atomic E-state index is 11.3. The number of carbonyl (C=O) groups excluding carboxylic acids is 2. The fraction of sp³-hybridized carbons (Fsp3) is 0.111. The van der Waals surface area contributed by atoms with Crippen LogP contribution in [0.1, 0.15) is 0 Å². The van der Waals surface area contributed by atoms with Crippen LogP contribution in [0.15, 0.2) is 24.3 Å². The van der Waals surface area contributed by atoms with Gasteiger partial charge in [0, 0.05) is 6.07 Å². The Morgan fingerprint density at radius 3 is 2.71 bits per heavy atom. The quantitative estimate of drug-likeness (QED) is 0.763. The topological polar surface area (TPSA) is 57.6 Å². The van der Waals surface area contributed by atoms with Crippen LogP contribution in [0.3, 0.4) is 0 Å². The summed E-state index contributed by atoms with van der Waals surface area (Å²) in [5.74, 6) is -0.0281. The van der Waals surface area contributed by atoms with E-state index in [1.807, 2.05) is 0 Å². The molecule has 0 bridgehead atoms. The minimum absolute atomic E-state index is 0.0417. The molecule has 0 unspecified atom stereocenters. The summed E-state index contributed by atoms with van der Waals surface area (Å²) in [6.45, 7) is 0. The molecule has 0 radical (unpaired) electrons. The average Bonchev–Trinajstić information content (AvgIpc) is 2.46. The Morgan fingerprint density at radius 2 is 2.14 bits per heavy atom. The minimum atomic E-state index is -0.291. The van der Waals surface area contributed by atoms with E-state index < -0.39 is 0 Å². The lowest BCUT2D eigenvalue weighted by molar-refractivity contribution is -0.115. The van der Waals surface area contributed by atoms with E-state index in [9.17, 15) is 14.7 Å². The molecule has 1 N–H and O–H groups in total. The van der Waals surface area contributed by atoms with Crippen LogP contribution in [0.5, 0.6) is 5.75 Å². The van der Waals surface area contributed by atoms with Gasteiger partial charge in [0.25, 0.3) is 5.24 Å². The number of amides is 2. The zero-order chi connectivity index (χ0) is 10.1. The van der Waals surface area contributed by atoms with E-state index in [-0.39, 0.29) is 22.6 Å². The Balaban J connectivity index is 2.39. The zero-order valence-corrected chi connectivity index (χ0v) is 7.95. The van der Waals surface area contributed by atoms with Crippen molar-refractivity contribution in [3.8, 4) is 5.75 Å². The molecule has 0 aromatic heterocycles. The van der Waals surface area contributed by atoms with Gasteiger partial charge >= 0.3 is 0 Å². The molecule has 1 fully saturated rings. The number of imide groups is 1. The van der Waals surface area contributed by atoms with Crippen molar-refractivity contribution in [2.45, 2.75) is 0 Å². The van der Waals surface area contributed by atoms with Gasteiger partial charge < -0.3 is 5.11 Å². The number of nitrogens with zero attached hydrogens (tertiary/aromatic N) is 1. The number of benzene rings is 1. The largest absolute Gasteiger partial charge is 0.508 e. The van der Waals surface area contributed by atoms with E-state index in [0.717, 1.165) is 16.7 Å². The number of anilines is 1.